The van der Waals surface area contributed by atoms with E-state index in [4.69, 9.17) is 4.74 Å². The number of nitrogens with one attached hydrogen (secondary N) is 1. The number of hydrogen-bond donors (Lipinski definition) is 1. The number of nitrogens with zero attached hydrogens (tertiary/aromatic N) is 1. The van der Waals surface area contributed by atoms with E-state index < -0.39 is 47.0 Å². The summed E-state index contributed by atoms with van der Waals surface area (Å²) >= 11 is 0. The van der Waals surface area contributed by atoms with Crippen LogP contribution in [0.4, 0.5) is 18.9 Å². The lowest BCUT2D eigenvalue weighted by atomic mass is 9.97. The van der Waals surface area contributed by atoms with Crippen LogP contribution in [0.1, 0.15) is 25.3 Å². The van der Waals surface area contributed by atoms with Crippen molar-refractivity contribution in [3.05, 3.63) is 71.6 Å². The predicted octanol–water partition coefficient (Wildman–Crippen LogP) is 3.93. The van der Waals surface area contributed by atoms with Crippen molar-refractivity contribution in [3.63, 3.8) is 0 Å². The van der Waals surface area contributed by atoms with Gasteiger partial charge >= 0.3 is 5.97 Å². The Hall–Kier alpha value is -3.62. The molecule has 1 aliphatic rings. The molecule has 1 saturated heterocycles. The number of carbonyl (C=O) groups is 3. The molecule has 1 atom stereocenters. The van der Waals surface area contributed by atoms with Gasteiger partial charge in [-0.15, -0.1) is 0 Å². The molecular formula is C24H23F3N2O4. The van der Waals surface area contributed by atoms with Crippen LogP contribution >= 0.6 is 0 Å². The Morgan fingerprint density at radius 1 is 1.03 bits per heavy atom. The first-order valence-corrected chi connectivity index (χ1v) is 10.4. The van der Waals surface area contributed by atoms with Gasteiger partial charge in [0.15, 0.2) is 23.6 Å². The third kappa shape index (κ3) is 6.21. The maximum absolute atomic E-state index is 13.7. The van der Waals surface area contributed by atoms with Gasteiger partial charge in [-0.3, -0.25) is 14.4 Å². The molecule has 0 bridgehead atoms. The van der Waals surface area contributed by atoms with Crippen LogP contribution in [0.3, 0.4) is 0 Å². The largest absolute Gasteiger partial charge is 0.452 e. The van der Waals surface area contributed by atoms with E-state index in [0.29, 0.717) is 32.0 Å². The molecule has 0 aromatic heterocycles. The van der Waals surface area contributed by atoms with Crippen molar-refractivity contribution in [3.8, 4) is 0 Å². The highest BCUT2D eigenvalue weighted by atomic mass is 19.2. The van der Waals surface area contributed by atoms with E-state index in [9.17, 15) is 27.6 Å². The number of benzene rings is 2. The third-order valence-electron chi connectivity index (χ3n) is 5.31. The minimum Gasteiger partial charge on any atom is -0.452 e. The standard InChI is InChI=1S/C24H23F3N2O4/c1-15(23(31)28-19-9-8-18(25)21(26)22(19)27)33-24(32)17-11-13-29(14-12-17)20(30)10-7-16-5-3-2-4-6-16/h2-10,15,17H,11-14H2,1H3,(H,28,31)/b10-7+. The number of hydrogen-bond acceptors (Lipinski definition) is 4. The van der Waals surface area contributed by atoms with E-state index in [-0.39, 0.29) is 5.91 Å². The van der Waals surface area contributed by atoms with Gasteiger partial charge in [0.05, 0.1) is 11.6 Å². The van der Waals surface area contributed by atoms with Crippen LogP contribution in [0.15, 0.2) is 48.5 Å². The molecule has 1 aliphatic heterocycles. The van der Waals surface area contributed by atoms with Crippen molar-refractivity contribution in [2.75, 3.05) is 18.4 Å². The van der Waals surface area contributed by atoms with E-state index in [1.54, 1.807) is 11.0 Å². The van der Waals surface area contributed by atoms with E-state index in [1.165, 1.54) is 13.0 Å². The van der Waals surface area contributed by atoms with Gasteiger partial charge in [0.1, 0.15) is 0 Å². The summed E-state index contributed by atoms with van der Waals surface area (Å²) in [6.07, 6.45) is 2.67. The highest BCUT2D eigenvalue weighted by Crippen LogP contribution is 2.22. The van der Waals surface area contributed by atoms with Crippen LogP contribution in [0.25, 0.3) is 6.08 Å². The topological polar surface area (TPSA) is 75.7 Å². The molecule has 1 heterocycles. The van der Waals surface area contributed by atoms with Gasteiger partial charge in [-0.2, -0.15) is 0 Å². The molecule has 1 N–H and O–H groups in total. The normalized spacial score (nSPS) is 15.3. The zero-order chi connectivity index (χ0) is 24.0. The summed E-state index contributed by atoms with van der Waals surface area (Å²) in [5.74, 6) is -6.79. The first-order valence-electron chi connectivity index (χ1n) is 10.4. The molecule has 0 saturated carbocycles. The summed E-state index contributed by atoms with van der Waals surface area (Å²) in [5.41, 5.74) is 0.344. The Morgan fingerprint density at radius 3 is 2.36 bits per heavy atom. The summed E-state index contributed by atoms with van der Waals surface area (Å²) in [4.78, 5) is 38.6. The quantitative estimate of drug-likeness (QED) is 0.403. The van der Waals surface area contributed by atoms with Crippen LogP contribution in [0, 0.1) is 23.4 Å². The Balaban J connectivity index is 1.47. The number of anilines is 1. The van der Waals surface area contributed by atoms with Crippen molar-refractivity contribution >= 4 is 29.5 Å². The van der Waals surface area contributed by atoms with Gasteiger partial charge in [-0.1, -0.05) is 30.3 Å². The highest BCUT2D eigenvalue weighted by molar-refractivity contribution is 5.95. The molecule has 3 rings (SSSR count). The highest BCUT2D eigenvalue weighted by Gasteiger charge is 2.30. The van der Waals surface area contributed by atoms with Crippen molar-refractivity contribution in [2.24, 2.45) is 5.92 Å². The number of amides is 2. The molecule has 2 aromatic carbocycles. The molecule has 2 aromatic rings. The molecule has 174 valence electrons. The van der Waals surface area contributed by atoms with E-state index in [2.05, 4.69) is 5.32 Å². The minimum absolute atomic E-state index is 0.160. The van der Waals surface area contributed by atoms with E-state index in [0.717, 1.165) is 11.6 Å². The summed E-state index contributed by atoms with van der Waals surface area (Å²) in [6, 6.07) is 10.9. The Morgan fingerprint density at radius 2 is 1.70 bits per heavy atom. The fourth-order valence-electron chi connectivity index (χ4n) is 3.35. The van der Waals surface area contributed by atoms with Crippen molar-refractivity contribution in [1.82, 2.24) is 4.90 Å². The molecule has 0 spiro atoms. The number of halogens is 3. The lowest BCUT2D eigenvalue weighted by molar-refractivity contribution is -0.159. The summed E-state index contributed by atoms with van der Waals surface area (Å²) in [5, 5.41) is 2.08. The van der Waals surface area contributed by atoms with Crippen LogP contribution in [-0.4, -0.2) is 41.9 Å². The zero-order valence-electron chi connectivity index (χ0n) is 17.9. The summed E-state index contributed by atoms with van der Waals surface area (Å²) < 4.78 is 45.2. The molecule has 1 fully saturated rings. The predicted molar refractivity (Wildman–Crippen MR) is 115 cm³/mol. The first-order chi connectivity index (χ1) is 15.8. The average molecular weight is 460 g/mol. The molecule has 0 radical (unpaired) electrons. The maximum atomic E-state index is 13.7. The summed E-state index contributed by atoms with van der Waals surface area (Å²) in [6.45, 7) is 2.01. The lowest BCUT2D eigenvalue weighted by Crippen LogP contribution is -2.41. The second kappa shape index (κ2) is 10.8. The number of likely N-dealkylation sites (tertiary alicyclic amines) is 1. The number of rotatable bonds is 6. The van der Waals surface area contributed by atoms with Crippen LogP contribution in [0.2, 0.25) is 0 Å². The number of ether oxygens (including phenoxy) is 1. The Kier molecular flexibility index (Phi) is 7.87. The van der Waals surface area contributed by atoms with Crippen molar-refractivity contribution in [1.29, 1.82) is 0 Å². The third-order valence-corrected chi connectivity index (χ3v) is 5.31. The Bertz CT molecular complexity index is 1050. The minimum atomic E-state index is -1.71. The SMILES string of the molecule is CC(OC(=O)C1CCN(C(=O)/C=C/c2ccccc2)CC1)C(=O)Nc1ccc(F)c(F)c1F. The second-order valence-electron chi connectivity index (χ2n) is 7.63. The number of piperidine rings is 1. The summed E-state index contributed by atoms with van der Waals surface area (Å²) in [7, 11) is 0. The van der Waals surface area contributed by atoms with Crippen LogP contribution in [0.5, 0.6) is 0 Å². The van der Waals surface area contributed by atoms with Crippen molar-refractivity contribution in [2.45, 2.75) is 25.9 Å². The second-order valence-corrected chi connectivity index (χ2v) is 7.63. The maximum Gasteiger partial charge on any atom is 0.309 e. The molecule has 0 aliphatic carbocycles. The molecule has 2 amide bonds. The number of esters is 1. The average Bonchev–Trinajstić information content (AvgIpc) is 2.83. The zero-order valence-corrected chi connectivity index (χ0v) is 17.9. The first kappa shape index (κ1) is 24.0. The molecule has 9 heteroatoms. The lowest BCUT2D eigenvalue weighted by Gasteiger charge is -2.30. The van der Waals surface area contributed by atoms with Crippen LogP contribution in [-0.2, 0) is 19.1 Å². The fraction of sp³-hybridized carbons (Fsp3) is 0.292. The van der Waals surface area contributed by atoms with Gasteiger partial charge in [0.2, 0.25) is 5.91 Å². The van der Waals surface area contributed by atoms with Crippen molar-refractivity contribution < 1.29 is 32.3 Å². The van der Waals surface area contributed by atoms with Gasteiger partial charge in [-0.25, -0.2) is 13.2 Å². The molecule has 6 nitrogen and oxygen atoms in total. The fourth-order valence-corrected chi connectivity index (χ4v) is 3.35. The van der Waals surface area contributed by atoms with E-state index >= 15 is 0 Å². The van der Waals surface area contributed by atoms with Gasteiger partial charge in [0, 0.05) is 19.2 Å². The molecule has 1 unspecified atom stereocenters. The number of carbonyl (C=O) groups excluding carboxylic acids is 3. The van der Waals surface area contributed by atoms with Gasteiger partial charge in [-0.05, 0) is 43.5 Å². The monoisotopic (exact) mass is 460 g/mol. The van der Waals surface area contributed by atoms with Gasteiger partial charge in [0.25, 0.3) is 5.91 Å². The smallest absolute Gasteiger partial charge is 0.309 e. The van der Waals surface area contributed by atoms with E-state index in [1.807, 2.05) is 30.3 Å². The molecule has 33 heavy (non-hydrogen) atoms. The van der Waals surface area contributed by atoms with Crippen LogP contribution < -0.4 is 5.32 Å². The van der Waals surface area contributed by atoms with Gasteiger partial charge < -0.3 is 15.0 Å². The Labute approximate surface area is 189 Å². The molecular weight excluding hydrogens is 437 g/mol.